The van der Waals surface area contributed by atoms with Gasteiger partial charge in [-0.3, -0.25) is 9.69 Å². The average molecular weight is 436 g/mol. The van der Waals surface area contributed by atoms with Crippen LogP contribution in [-0.2, 0) is 11.2 Å². The van der Waals surface area contributed by atoms with Gasteiger partial charge in [0.15, 0.2) is 5.17 Å². The molecule has 0 atom stereocenters. The van der Waals surface area contributed by atoms with Crippen molar-refractivity contribution >= 4 is 46.2 Å². The number of hydrogen-bond acceptors (Lipinski definition) is 8. The van der Waals surface area contributed by atoms with Crippen molar-refractivity contribution < 1.29 is 4.79 Å². The number of aromatic amines is 1. The van der Waals surface area contributed by atoms with Crippen molar-refractivity contribution in [2.45, 2.75) is 11.3 Å². The number of aromatic nitrogens is 4. The highest BCUT2D eigenvalue weighted by molar-refractivity contribution is 8.19. The Balaban J connectivity index is 1.48. The molecule has 10 heteroatoms. The Kier molecular flexibility index (Phi) is 5.01. The molecular weight excluding hydrogens is 418 g/mol. The fraction of sp³-hybridized carbons (Fsp3) is 0.150. The molecule has 30 heavy (non-hydrogen) atoms. The first-order valence-corrected chi connectivity index (χ1v) is 10.9. The number of tetrazole rings is 1. The predicted molar refractivity (Wildman–Crippen MR) is 118 cm³/mol. The van der Waals surface area contributed by atoms with Crippen LogP contribution < -0.4 is 4.90 Å². The average Bonchev–Trinajstić information content (AvgIpc) is 3.47. The minimum absolute atomic E-state index is 0.0552. The second kappa shape index (κ2) is 7.96. The van der Waals surface area contributed by atoms with Crippen molar-refractivity contribution in [3.63, 3.8) is 0 Å². The van der Waals surface area contributed by atoms with Gasteiger partial charge in [0.05, 0.1) is 10.7 Å². The van der Waals surface area contributed by atoms with E-state index >= 15 is 0 Å². The number of rotatable bonds is 4. The molecule has 1 saturated heterocycles. The van der Waals surface area contributed by atoms with Gasteiger partial charge in [-0.25, -0.2) is 0 Å². The highest BCUT2D eigenvalue weighted by Crippen LogP contribution is 2.49. The lowest BCUT2D eigenvalue weighted by Crippen LogP contribution is -2.31. The fourth-order valence-corrected chi connectivity index (χ4v) is 5.64. The molecule has 0 spiro atoms. The second-order valence-corrected chi connectivity index (χ2v) is 8.67. The molecule has 3 heterocycles. The van der Waals surface area contributed by atoms with Crippen LogP contribution in [0.2, 0.25) is 0 Å². The van der Waals surface area contributed by atoms with E-state index in [0.717, 1.165) is 27.6 Å². The number of hydrogen-bond donors (Lipinski definition) is 1. The summed E-state index contributed by atoms with van der Waals surface area (Å²) >= 11 is 2.96. The quantitative estimate of drug-likeness (QED) is 0.628. The summed E-state index contributed by atoms with van der Waals surface area (Å²) in [5.41, 5.74) is 2.26. The summed E-state index contributed by atoms with van der Waals surface area (Å²) in [6.07, 6.45) is 0.726. The minimum Gasteiger partial charge on any atom is -0.337 e. The van der Waals surface area contributed by atoms with Gasteiger partial charge in [-0.1, -0.05) is 59.3 Å². The van der Waals surface area contributed by atoms with E-state index < -0.39 is 0 Å². The normalized spacial score (nSPS) is 19.8. The third-order valence-corrected chi connectivity index (χ3v) is 7.22. The van der Waals surface area contributed by atoms with Crippen LogP contribution in [0, 0.1) is 0 Å². The van der Waals surface area contributed by atoms with E-state index in [4.69, 9.17) is 0 Å². The largest absolute Gasteiger partial charge is 0.337 e. The number of H-pyrrole nitrogens is 1. The molecule has 1 fully saturated rings. The molecule has 0 radical (unpaired) electrons. The zero-order valence-electron chi connectivity index (χ0n) is 16.0. The van der Waals surface area contributed by atoms with Gasteiger partial charge in [0.1, 0.15) is 4.91 Å². The van der Waals surface area contributed by atoms with E-state index in [9.17, 15) is 4.79 Å². The number of amidine groups is 1. The zero-order chi connectivity index (χ0) is 20.5. The van der Waals surface area contributed by atoms with E-state index in [-0.39, 0.29) is 11.9 Å². The summed E-state index contributed by atoms with van der Waals surface area (Å²) in [5, 5.41) is 15.2. The topological polar surface area (TPSA) is 90.4 Å². The van der Waals surface area contributed by atoms with Gasteiger partial charge < -0.3 is 4.90 Å². The smallest absolute Gasteiger partial charge is 0.291 e. The van der Waals surface area contributed by atoms with Crippen LogP contribution in [0.3, 0.4) is 0 Å². The molecule has 3 aromatic rings. The van der Waals surface area contributed by atoms with Crippen LogP contribution in [-0.4, -0.2) is 50.2 Å². The summed E-state index contributed by atoms with van der Waals surface area (Å²) in [4.78, 5) is 23.4. The van der Waals surface area contributed by atoms with Crippen LogP contribution in [0.25, 0.3) is 0 Å². The van der Waals surface area contributed by atoms with Crippen molar-refractivity contribution in [3.8, 4) is 0 Å². The second-order valence-electron chi connectivity index (χ2n) is 6.66. The molecule has 0 saturated carbocycles. The van der Waals surface area contributed by atoms with Crippen LogP contribution in [0.5, 0.6) is 0 Å². The number of thioether (sulfide) groups is 2. The summed E-state index contributed by atoms with van der Waals surface area (Å²) in [6, 6.07) is 18.2. The Morgan fingerprint density at radius 3 is 2.63 bits per heavy atom. The monoisotopic (exact) mass is 435 g/mol. The molecule has 1 aromatic heterocycles. The third-order valence-electron chi connectivity index (χ3n) is 4.79. The maximum atomic E-state index is 13.4. The molecule has 2 aliphatic heterocycles. The third kappa shape index (κ3) is 3.48. The number of aliphatic imine (C=N–C) groups is 1. The van der Waals surface area contributed by atoms with Crippen molar-refractivity contribution in [1.82, 2.24) is 25.5 Å². The number of anilines is 1. The molecule has 1 amide bonds. The van der Waals surface area contributed by atoms with E-state index in [0.29, 0.717) is 16.6 Å². The maximum absolute atomic E-state index is 13.4. The van der Waals surface area contributed by atoms with Crippen molar-refractivity contribution in [2.75, 3.05) is 18.5 Å². The molecule has 8 nitrogen and oxygen atoms in total. The fourth-order valence-electron chi connectivity index (χ4n) is 3.29. The molecular formula is C20H17N7OS2. The number of nitrogens with zero attached hydrogens (tertiary/aromatic N) is 6. The number of carbonyl (C=O) groups is 1. The van der Waals surface area contributed by atoms with E-state index in [1.165, 1.54) is 11.8 Å². The standard InChI is InChI=1S/C20H17N7OS2/c1-26-14-9-5-6-10-15(14)29-18(26)16-17(28)27(12-11-13-7-3-2-4-8-13)20(30-16)21-19-22-24-25-23-19/h2-10H,11-12H2,1H3,(H,22,23,24,25)/b18-16-,21-20-. The summed E-state index contributed by atoms with van der Waals surface area (Å²) in [7, 11) is 1.98. The molecule has 2 aromatic carbocycles. The summed E-state index contributed by atoms with van der Waals surface area (Å²) in [6.45, 7) is 0.518. The first-order valence-electron chi connectivity index (χ1n) is 9.31. The van der Waals surface area contributed by atoms with Gasteiger partial charge in [0, 0.05) is 18.5 Å². The first-order chi connectivity index (χ1) is 14.7. The minimum atomic E-state index is -0.0552. The molecule has 0 bridgehead atoms. The predicted octanol–water partition coefficient (Wildman–Crippen LogP) is 3.42. The number of nitrogens with one attached hydrogen (secondary N) is 1. The van der Waals surface area contributed by atoms with Crippen molar-refractivity contribution in [2.24, 2.45) is 4.99 Å². The summed E-state index contributed by atoms with van der Waals surface area (Å²) in [5.74, 6) is 0.150. The molecule has 0 aliphatic carbocycles. The van der Waals surface area contributed by atoms with E-state index in [2.05, 4.69) is 54.8 Å². The first kappa shape index (κ1) is 18.9. The van der Waals surface area contributed by atoms with Crippen LogP contribution in [0.1, 0.15) is 5.56 Å². The molecule has 0 unspecified atom stereocenters. The lowest BCUT2D eigenvalue weighted by Gasteiger charge is -2.16. The van der Waals surface area contributed by atoms with Crippen LogP contribution in [0.4, 0.5) is 11.6 Å². The molecule has 150 valence electrons. The Morgan fingerprint density at radius 1 is 1.07 bits per heavy atom. The van der Waals surface area contributed by atoms with Crippen molar-refractivity contribution in [3.05, 3.63) is 70.1 Å². The van der Waals surface area contributed by atoms with Gasteiger partial charge in [-0.2, -0.15) is 10.2 Å². The molecule has 1 N–H and O–H groups in total. The van der Waals surface area contributed by atoms with Gasteiger partial charge >= 0.3 is 0 Å². The highest BCUT2D eigenvalue weighted by atomic mass is 32.2. The molecule has 2 aliphatic rings. The lowest BCUT2D eigenvalue weighted by molar-refractivity contribution is -0.122. The van der Waals surface area contributed by atoms with Gasteiger partial charge in [0.25, 0.3) is 11.9 Å². The lowest BCUT2D eigenvalue weighted by atomic mass is 10.1. The number of fused-ring (bicyclic) bond motifs is 1. The Hall–Kier alpha value is -3.11. The van der Waals surface area contributed by atoms with E-state index in [1.54, 1.807) is 16.7 Å². The van der Waals surface area contributed by atoms with Crippen LogP contribution >= 0.6 is 23.5 Å². The van der Waals surface area contributed by atoms with Crippen molar-refractivity contribution in [1.29, 1.82) is 0 Å². The maximum Gasteiger partial charge on any atom is 0.291 e. The number of benzene rings is 2. The van der Waals surface area contributed by atoms with Gasteiger partial charge in [-0.15, -0.1) is 5.10 Å². The number of carbonyl (C=O) groups excluding carboxylic acids is 1. The highest BCUT2D eigenvalue weighted by Gasteiger charge is 2.39. The zero-order valence-corrected chi connectivity index (χ0v) is 17.7. The van der Waals surface area contributed by atoms with Crippen LogP contribution in [0.15, 0.2) is 74.4 Å². The van der Waals surface area contributed by atoms with E-state index in [1.807, 2.05) is 37.4 Å². The van der Waals surface area contributed by atoms with Gasteiger partial charge in [0.2, 0.25) is 0 Å². The van der Waals surface area contributed by atoms with Gasteiger partial charge in [-0.05, 0) is 41.1 Å². The SMILES string of the molecule is CN1/C(=C2/S/C(=N\c3nn[nH]n3)N(CCc3ccccc3)C2=O)Sc2ccccc21. The Morgan fingerprint density at radius 2 is 1.87 bits per heavy atom. The summed E-state index contributed by atoms with van der Waals surface area (Å²) < 4.78 is 0. The Labute approximate surface area is 181 Å². The number of para-hydroxylation sites is 1. The molecule has 5 rings (SSSR count). The Bertz CT molecular complexity index is 1140. The number of amides is 1.